The normalized spacial score (nSPS) is 28.3. The van der Waals surface area contributed by atoms with Crippen molar-refractivity contribution in [1.82, 2.24) is 0 Å². The van der Waals surface area contributed by atoms with Crippen LogP contribution < -0.4 is 0 Å². The van der Waals surface area contributed by atoms with Crippen molar-refractivity contribution in [2.75, 3.05) is 0 Å². The zero-order valence-electron chi connectivity index (χ0n) is 16.6. The maximum absolute atomic E-state index is 14.6. The van der Waals surface area contributed by atoms with Crippen LogP contribution in [0.4, 0.5) is 8.78 Å². The maximum Gasteiger partial charge on any atom is 0.142 e. The molecule has 2 aliphatic carbocycles. The van der Waals surface area contributed by atoms with Gasteiger partial charge in [0.2, 0.25) is 0 Å². The van der Waals surface area contributed by atoms with Crippen LogP contribution in [0.3, 0.4) is 0 Å². The molecule has 0 bridgehead atoms. The van der Waals surface area contributed by atoms with E-state index in [4.69, 9.17) is 0 Å². The van der Waals surface area contributed by atoms with Gasteiger partial charge in [0.1, 0.15) is 11.6 Å². The van der Waals surface area contributed by atoms with Gasteiger partial charge in [-0.3, -0.25) is 0 Å². The summed E-state index contributed by atoms with van der Waals surface area (Å²) < 4.78 is 29.2. The van der Waals surface area contributed by atoms with E-state index in [1.807, 2.05) is 6.08 Å². The Kier molecular flexibility index (Phi) is 7.11. The Bertz CT molecular complexity index is 670. The lowest BCUT2D eigenvalue weighted by Crippen LogP contribution is -2.14. The van der Waals surface area contributed by atoms with Crippen molar-refractivity contribution in [3.63, 3.8) is 0 Å². The van der Waals surface area contributed by atoms with Crippen molar-refractivity contribution >= 4 is 0 Å². The van der Waals surface area contributed by atoms with Crippen LogP contribution >= 0.6 is 0 Å². The molecular weight excluding hydrogens is 338 g/mol. The first kappa shape index (κ1) is 20.1. The molecule has 146 valence electrons. The van der Waals surface area contributed by atoms with Gasteiger partial charge in [-0.05, 0) is 86.8 Å². The van der Waals surface area contributed by atoms with Gasteiger partial charge in [-0.2, -0.15) is 0 Å². The summed E-state index contributed by atoms with van der Waals surface area (Å²) in [5.74, 6) is 6.85. The molecule has 0 atom stereocenters. The molecule has 2 saturated carbocycles. The molecule has 2 heteroatoms. The predicted molar refractivity (Wildman–Crippen MR) is 108 cm³/mol. The van der Waals surface area contributed by atoms with Crippen LogP contribution in [-0.4, -0.2) is 0 Å². The first-order valence-corrected chi connectivity index (χ1v) is 10.7. The van der Waals surface area contributed by atoms with Gasteiger partial charge in [0, 0.05) is 5.92 Å². The number of rotatable bonds is 4. The topological polar surface area (TPSA) is 0 Å². The van der Waals surface area contributed by atoms with Gasteiger partial charge in [-0.25, -0.2) is 8.78 Å². The number of hydrogen-bond acceptors (Lipinski definition) is 0. The quantitative estimate of drug-likeness (QED) is 0.383. The molecule has 0 spiro atoms. The second-order valence-corrected chi connectivity index (χ2v) is 8.48. The minimum absolute atomic E-state index is 0.0516. The van der Waals surface area contributed by atoms with Crippen molar-refractivity contribution in [3.05, 3.63) is 47.5 Å². The average Bonchev–Trinajstić information content (AvgIpc) is 2.68. The van der Waals surface area contributed by atoms with Gasteiger partial charge in [0.05, 0.1) is 5.56 Å². The molecule has 1 aromatic rings. The van der Waals surface area contributed by atoms with Crippen LogP contribution in [0.5, 0.6) is 0 Å². The minimum Gasteiger partial charge on any atom is -0.206 e. The number of allylic oxidation sites excluding steroid dienone is 1. The van der Waals surface area contributed by atoms with Crippen molar-refractivity contribution in [3.8, 4) is 11.8 Å². The summed E-state index contributed by atoms with van der Waals surface area (Å²) >= 11 is 0. The van der Waals surface area contributed by atoms with Gasteiger partial charge < -0.3 is 0 Å². The molecule has 0 N–H and O–H groups in total. The zero-order valence-corrected chi connectivity index (χ0v) is 16.6. The van der Waals surface area contributed by atoms with E-state index in [1.165, 1.54) is 37.8 Å². The third-order valence-corrected chi connectivity index (χ3v) is 6.59. The first-order valence-electron chi connectivity index (χ1n) is 10.7. The average molecular weight is 371 g/mol. The number of hydrogen-bond donors (Lipinski definition) is 0. The van der Waals surface area contributed by atoms with E-state index in [9.17, 15) is 8.78 Å². The summed E-state index contributed by atoms with van der Waals surface area (Å²) in [7, 11) is 0. The number of benzene rings is 1. The Morgan fingerprint density at radius 2 is 1.63 bits per heavy atom. The lowest BCUT2D eigenvalue weighted by atomic mass is 9.77. The standard InChI is InChI=1S/C25H32F2/c1-3-5-19-10-13-21(14-11-19)22-16-24(26)23(25(27)17-22)15-12-20-8-6-18(4-2)7-9-20/h4,16-21H,2-3,5-11,13-14H2,1H3/t18?,19-,20?,21-. The SMILES string of the molecule is C=CC1CCC(C#Cc2c(F)cc([C@H]3CC[C@H](CCC)CC3)cc2F)CC1. The van der Waals surface area contributed by atoms with Gasteiger partial charge in [0.15, 0.2) is 0 Å². The van der Waals surface area contributed by atoms with E-state index < -0.39 is 11.6 Å². The van der Waals surface area contributed by atoms with Crippen LogP contribution in [0, 0.1) is 41.2 Å². The van der Waals surface area contributed by atoms with Gasteiger partial charge in [-0.15, -0.1) is 6.58 Å². The Morgan fingerprint density at radius 3 is 2.19 bits per heavy atom. The van der Waals surface area contributed by atoms with E-state index in [-0.39, 0.29) is 11.5 Å². The molecule has 27 heavy (non-hydrogen) atoms. The molecule has 0 unspecified atom stereocenters. The van der Waals surface area contributed by atoms with Crippen molar-refractivity contribution < 1.29 is 8.78 Å². The Balaban J connectivity index is 1.66. The van der Waals surface area contributed by atoms with E-state index in [0.717, 1.165) is 50.0 Å². The minimum atomic E-state index is -0.493. The fraction of sp³-hybridized carbons (Fsp3) is 0.600. The van der Waals surface area contributed by atoms with Crippen LogP contribution in [0.15, 0.2) is 24.8 Å². The van der Waals surface area contributed by atoms with Crippen LogP contribution in [0.2, 0.25) is 0 Å². The highest BCUT2D eigenvalue weighted by atomic mass is 19.1. The monoisotopic (exact) mass is 370 g/mol. The molecule has 0 saturated heterocycles. The fourth-order valence-corrected chi connectivity index (χ4v) is 4.81. The maximum atomic E-state index is 14.6. The van der Waals surface area contributed by atoms with Gasteiger partial charge in [0.25, 0.3) is 0 Å². The summed E-state index contributed by atoms with van der Waals surface area (Å²) in [5.41, 5.74) is 0.765. The van der Waals surface area contributed by atoms with Crippen molar-refractivity contribution in [1.29, 1.82) is 0 Å². The van der Waals surface area contributed by atoms with Crippen molar-refractivity contribution in [2.24, 2.45) is 17.8 Å². The van der Waals surface area contributed by atoms with Crippen LogP contribution in [0.1, 0.15) is 88.2 Å². The van der Waals surface area contributed by atoms with Gasteiger partial charge in [-0.1, -0.05) is 37.7 Å². The van der Waals surface area contributed by atoms with E-state index in [1.54, 1.807) is 0 Å². The third kappa shape index (κ3) is 5.22. The first-order chi connectivity index (χ1) is 13.1. The zero-order chi connectivity index (χ0) is 19.2. The van der Waals surface area contributed by atoms with Gasteiger partial charge >= 0.3 is 0 Å². The van der Waals surface area contributed by atoms with E-state index in [0.29, 0.717) is 11.8 Å². The second-order valence-electron chi connectivity index (χ2n) is 8.48. The molecule has 0 aliphatic heterocycles. The third-order valence-electron chi connectivity index (χ3n) is 6.59. The van der Waals surface area contributed by atoms with Crippen LogP contribution in [0.25, 0.3) is 0 Å². The van der Waals surface area contributed by atoms with E-state index in [2.05, 4.69) is 25.3 Å². The summed E-state index contributed by atoms with van der Waals surface area (Å²) in [4.78, 5) is 0. The molecule has 0 aromatic heterocycles. The molecule has 2 fully saturated rings. The largest absolute Gasteiger partial charge is 0.206 e. The second kappa shape index (κ2) is 9.54. The van der Waals surface area contributed by atoms with E-state index >= 15 is 0 Å². The Labute approximate surface area is 163 Å². The molecular formula is C25H32F2. The number of halogens is 2. The lowest BCUT2D eigenvalue weighted by Gasteiger charge is -2.28. The predicted octanol–water partition coefficient (Wildman–Crippen LogP) is 7.38. The lowest BCUT2D eigenvalue weighted by molar-refractivity contribution is 0.307. The summed E-state index contributed by atoms with van der Waals surface area (Å²) in [6.07, 6.45) is 13.1. The summed E-state index contributed by atoms with van der Waals surface area (Å²) in [6.45, 7) is 6.07. The van der Waals surface area contributed by atoms with Crippen molar-refractivity contribution in [2.45, 2.75) is 77.0 Å². The molecule has 3 rings (SSSR count). The smallest absolute Gasteiger partial charge is 0.142 e. The Hall–Kier alpha value is -1.62. The molecule has 2 aliphatic rings. The molecule has 0 amide bonds. The Morgan fingerprint density at radius 1 is 1.00 bits per heavy atom. The molecule has 0 radical (unpaired) electrons. The summed E-state index contributed by atoms with van der Waals surface area (Å²) in [5, 5.41) is 0. The molecule has 0 heterocycles. The highest BCUT2D eigenvalue weighted by molar-refractivity contribution is 5.40. The molecule has 0 nitrogen and oxygen atoms in total. The molecule has 1 aromatic carbocycles. The highest BCUT2D eigenvalue weighted by Crippen LogP contribution is 2.38. The van der Waals surface area contributed by atoms with Crippen LogP contribution in [-0.2, 0) is 0 Å². The highest BCUT2D eigenvalue weighted by Gasteiger charge is 2.24. The fourth-order valence-electron chi connectivity index (χ4n) is 4.81. The summed E-state index contributed by atoms with van der Waals surface area (Å²) in [6, 6.07) is 3.07.